The Bertz CT molecular complexity index is 866. The van der Waals surface area contributed by atoms with Gasteiger partial charge in [-0.1, -0.05) is 25.1 Å². The number of hydrogen-bond donors (Lipinski definition) is 1. The summed E-state index contributed by atoms with van der Waals surface area (Å²) < 4.78 is 25.6. The van der Waals surface area contributed by atoms with E-state index in [-0.39, 0.29) is 17.5 Å². The van der Waals surface area contributed by atoms with Crippen molar-refractivity contribution < 1.29 is 9.13 Å². The van der Waals surface area contributed by atoms with Gasteiger partial charge < -0.3 is 4.74 Å². The van der Waals surface area contributed by atoms with Gasteiger partial charge in [-0.2, -0.15) is 0 Å². The summed E-state index contributed by atoms with van der Waals surface area (Å²) in [6.45, 7) is 9.43. The molecule has 0 aromatic heterocycles. The third-order valence-corrected chi connectivity index (χ3v) is 7.44. The van der Waals surface area contributed by atoms with Crippen LogP contribution in [-0.4, -0.2) is 35.7 Å². The molecule has 0 saturated carbocycles. The van der Waals surface area contributed by atoms with E-state index in [1.54, 1.807) is 24.3 Å². The molecule has 2 aliphatic rings. The third kappa shape index (κ3) is 4.61. The molecule has 3 atom stereocenters. The lowest BCUT2D eigenvalue weighted by Crippen LogP contribution is -2.56. The predicted octanol–water partition coefficient (Wildman–Crippen LogP) is 5.40. The lowest BCUT2D eigenvalue weighted by molar-refractivity contribution is 0.106. The van der Waals surface area contributed by atoms with Crippen LogP contribution in [-0.2, 0) is 6.54 Å². The SMILES string of the molecule is CC[C@@H](C)Oc1cccc(CN2CC[C@]3(CNSN3c3cccc(F)c3)C[C@@H]2C)c1. The topological polar surface area (TPSA) is 27.7 Å². The Hall–Kier alpha value is -1.76. The maximum Gasteiger partial charge on any atom is 0.125 e. The average Bonchev–Trinajstić information content (AvgIpc) is 3.13. The van der Waals surface area contributed by atoms with E-state index in [1.807, 2.05) is 12.1 Å². The van der Waals surface area contributed by atoms with Gasteiger partial charge in [0.05, 0.1) is 17.3 Å². The molecule has 2 aromatic rings. The Morgan fingerprint density at radius 3 is 2.87 bits per heavy atom. The highest BCUT2D eigenvalue weighted by molar-refractivity contribution is 7.99. The number of anilines is 1. The van der Waals surface area contributed by atoms with Crippen molar-refractivity contribution in [3.05, 3.63) is 59.9 Å². The van der Waals surface area contributed by atoms with Gasteiger partial charge in [0.1, 0.15) is 11.6 Å². The van der Waals surface area contributed by atoms with Crippen molar-refractivity contribution in [1.82, 2.24) is 9.62 Å². The van der Waals surface area contributed by atoms with E-state index in [1.165, 1.54) is 11.6 Å². The quantitative estimate of drug-likeness (QED) is 0.621. The van der Waals surface area contributed by atoms with Crippen LogP contribution in [0.4, 0.5) is 10.1 Å². The fourth-order valence-corrected chi connectivity index (χ4v) is 5.63. The van der Waals surface area contributed by atoms with Crippen LogP contribution in [0, 0.1) is 5.82 Å². The van der Waals surface area contributed by atoms with Gasteiger partial charge >= 0.3 is 0 Å². The van der Waals surface area contributed by atoms with Gasteiger partial charge in [0, 0.05) is 37.8 Å². The summed E-state index contributed by atoms with van der Waals surface area (Å²) >= 11 is 1.61. The van der Waals surface area contributed by atoms with Gasteiger partial charge in [-0.3, -0.25) is 9.21 Å². The summed E-state index contributed by atoms with van der Waals surface area (Å²) in [6.07, 6.45) is 3.34. The monoisotopic (exact) mass is 429 g/mol. The van der Waals surface area contributed by atoms with Crippen molar-refractivity contribution in [3.63, 3.8) is 0 Å². The smallest absolute Gasteiger partial charge is 0.125 e. The third-order valence-electron chi connectivity index (χ3n) is 6.39. The zero-order chi connectivity index (χ0) is 21.1. The van der Waals surface area contributed by atoms with Crippen molar-refractivity contribution in [1.29, 1.82) is 0 Å². The van der Waals surface area contributed by atoms with Crippen LogP contribution >= 0.6 is 12.1 Å². The average molecular weight is 430 g/mol. The lowest BCUT2D eigenvalue weighted by Gasteiger charge is -2.47. The van der Waals surface area contributed by atoms with Crippen LogP contribution in [0.3, 0.4) is 0 Å². The molecule has 0 amide bonds. The first-order chi connectivity index (χ1) is 14.5. The molecule has 1 N–H and O–H groups in total. The molecule has 0 bridgehead atoms. The van der Waals surface area contributed by atoms with Crippen LogP contribution in [0.1, 0.15) is 45.6 Å². The molecular formula is C24H32FN3OS. The van der Waals surface area contributed by atoms with Gasteiger partial charge in [-0.15, -0.1) is 0 Å². The van der Waals surface area contributed by atoms with Crippen molar-refractivity contribution in [2.45, 2.75) is 64.3 Å². The Balaban J connectivity index is 1.44. The summed E-state index contributed by atoms with van der Waals surface area (Å²) in [5.74, 6) is 0.775. The number of benzene rings is 2. The summed E-state index contributed by atoms with van der Waals surface area (Å²) in [5.41, 5.74) is 2.26. The Kier molecular flexibility index (Phi) is 6.56. The molecule has 4 rings (SSSR count). The van der Waals surface area contributed by atoms with Crippen LogP contribution < -0.4 is 13.8 Å². The number of piperidine rings is 1. The van der Waals surface area contributed by atoms with E-state index in [9.17, 15) is 4.39 Å². The fourth-order valence-electron chi connectivity index (χ4n) is 4.53. The molecule has 30 heavy (non-hydrogen) atoms. The minimum Gasteiger partial charge on any atom is -0.491 e. The number of nitrogens with zero attached hydrogens (tertiary/aromatic N) is 2. The standard InChI is InChI=1S/C24H32FN3OS/c1-4-19(3)29-23-10-5-7-20(13-23)16-27-12-11-24(15-18(27)2)17-26-30-28(24)22-9-6-8-21(25)14-22/h5-10,13-14,18-19,26H,4,11-12,15-17H2,1-3H3/t18-,19+,24+/m0/s1. The summed E-state index contributed by atoms with van der Waals surface area (Å²) in [6, 6.07) is 15.9. The first kappa shape index (κ1) is 21.5. The van der Waals surface area contributed by atoms with Crippen LogP contribution in [0.2, 0.25) is 0 Å². The largest absolute Gasteiger partial charge is 0.491 e. The van der Waals surface area contributed by atoms with E-state index < -0.39 is 0 Å². The molecule has 2 aromatic carbocycles. The van der Waals surface area contributed by atoms with Gasteiger partial charge in [0.15, 0.2) is 0 Å². The molecule has 4 nitrogen and oxygen atoms in total. The van der Waals surface area contributed by atoms with Crippen molar-refractivity contribution in [2.24, 2.45) is 0 Å². The van der Waals surface area contributed by atoms with Gasteiger partial charge in [-0.05, 0) is 69.0 Å². The normalized spacial score (nSPS) is 25.6. The number of ether oxygens (including phenoxy) is 1. The molecule has 162 valence electrons. The molecular weight excluding hydrogens is 397 g/mol. The molecule has 2 fully saturated rings. The molecule has 0 unspecified atom stereocenters. The minimum absolute atomic E-state index is 0.0237. The van der Waals surface area contributed by atoms with Crippen LogP contribution in [0.5, 0.6) is 5.75 Å². The lowest BCUT2D eigenvalue weighted by atomic mass is 9.83. The van der Waals surface area contributed by atoms with E-state index >= 15 is 0 Å². The molecule has 6 heteroatoms. The van der Waals surface area contributed by atoms with Crippen LogP contribution in [0.25, 0.3) is 0 Å². The van der Waals surface area contributed by atoms with Crippen molar-refractivity contribution >= 4 is 17.8 Å². The number of likely N-dealkylation sites (tertiary alicyclic amines) is 1. The van der Waals surface area contributed by atoms with Crippen molar-refractivity contribution in [2.75, 3.05) is 17.4 Å². The van der Waals surface area contributed by atoms with E-state index in [0.29, 0.717) is 6.04 Å². The minimum atomic E-state index is -0.180. The Morgan fingerprint density at radius 1 is 1.27 bits per heavy atom. The zero-order valence-electron chi connectivity index (χ0n) is 18.1. The molecule has 1 spiro atoms. The van der Waals surface area contributed by atoms with Gasteiger partial charge in [-0.25, -0.2) is 9.11 Å². The number of rotatable bonds is 6. The maximum atomic E-state index is 13.8. The second kappa shape index (κ2) is 9.16. The second-order valence-corrected chi connectivity index (χ2v) is 9.51. The van der Waals surface area contributed by atoms with Gasteiger partial charge in [0.2, 0.25) is 0 Å². The Labute approximate surface area is 184 Å². The first-order valence-electron chi connectivity index (χ1n) is 10.9. The summed E-state index contributed by atoms with van der Waals surface area (Å²) in [7, 11) is 0. The number of hydrogen-bond acceptors (Lipinski definition) is 5. The fraction of sp³-hybridized carbons (Fsp3) is 0.500. The van der Waals surface area contributed by atoms with E-state index in [0.717, 1.165) is 50.3 Å². The molecule has 0 aliphatic carbocycles. The summed E-state index contributed by atoms with van der Waals surface area (Å²) in [4.78, 5) is 2.56. The second-order valence-electron chi connectivity index (χ2n) is 8.67. The molecule has 2 heterocycles. The maximum absolute atomic E-state index is 13.8. The van der Waals surface area contributed by atoms with Crippen LogP contribution in [0.15, 0.2) is 48.5 Å². The first-order valence-corrected chi connectivity index (χ1v) is 11.7. The van der Waals surface area contributed by atoms with Crippen molar-refractivity contribution in [3.8, 4) is 5.75 Å². The predicted molar refractivity (Wildman–Crippen MR) is 123 cm³/mol. The number of nitrogens with one attached hydrogen (secondary N) is 1. The molecule has 2 aliphatic heterocycles. The number of halogens is 1. The van der Waals surface area contributed by atoms with E-state index in [2.05, 4.69) is 52.9 Å². The molecule has 2 saturated heterocycles. The highest BCUT2D eigenvalue weighted by atomic mass is 32.2. The highest BCUT2D eigenvalue weighted by Crippen LogP contribution is 2.43. The van der Waals surface area contributed by atoms with Gasteiger partial charge in [0.25, 0.3) is 0 Å². The van der Waals surface area contributed by atoms with E-state index in [4.69, 9.17) is 4.74 Å². The molecule has 0 radical (unpaired) electrons. The summed E-state index contributed by atoms with van der Waals surface area (Å²) in [5, 5.41) is 0. The highest BCUT2D eigenvalue weighted by Gasteiger charge is 2.46. The Morgan fingerprint density at radius 2 is 2.10 bits per heavy atom. The zero-order valence-corrected chi connectivity index (χ0v) is 18.9.